The lowest BCUT2D eigenvalue weighted by Crippen LogP contribution is -2.12. The smallest absolute Gasteiger partial charge is 0.122 e. The lowest BCUT2D eigenvalue weighted by atomic mass is 10.3. The SMILES string of the molecule is CC(CBr)Oc1cc(Cl)cc(Cl)c1. The van der Waals surface area contributed by atoms with Crippen LogP contribution < -0.4 is 4.74 Å². The van der Waals surface area contributed by atoms with Crippen LogP contribution in [-0.4, -0.2) is 11.4 Å². The highest BCUT2D eigenvalue weighted by atomic mass is 79.9. The van der Waals surface area contributed by atoms with E-state index in [4.69, 9.17) is 27.9 Å². The van der Waals surface area contributed by atoms with Crippen molar-refractivity contribution in [3.8, 4) is 5.75 Å². The normalized spacial score (nSPS) is 12.6. The van der Waals surface area contributed by atoms with Crippen molar-refractivity contribution in [2.24, 2.45) is 0 Å². The second kappa shape index (κ2) is 5.08. The number of hydrogen-bond donors (Lipinski definition) is 0. The Balaban J connectivity index is 2.77. The van der Waals surface area contributed by atoms with Crippen molar-refractivity contribution in [2.45, 2.75) is 13.0 Å². The van der Waals surface area contributed by atoms with Crippen molar-refractivity contribution in [3.05, 3.63) is 28.2 Å². The van der Waals surface area contributed by atoms with E-state index in [1.165, 1.54) is 0 Å². The lowest BCUT2D eigenvalue weighted by Gasteiger charge is -2.12. The molecule has 0 saturated carbocycles. The second-order valence-corrected chi connectivity index (χ2v) is 4.21. The summed E-state index contributed by atoms with van der Waals surface area (Å²) in [6, 6.07) is 5.16. The van der Waals surface area contributed by atoms with Gasteiger partial charge < -0.3 is 4.74 Å². The molecule has 13 heavy (non-hydrogen) atoms. The summed E-state index contributed by atoms with van der Waals surface area (Å²) in [4.78, 5) is 0. The van der Waals surface area contributed by atoms with Crippen LogP contribution in [0.3, 0.4) is 0 Å². The molecular formula is C9H9BrCl2O. The summed E-state index contributed by atoms with van der Waals surface area (Å²) in [6.07, 6.45) is 0.106. The van der Waals surface area contributed by atoms with Crippen molar-refractivity contribution in [1.29, 1.82) is 0 Å². The van der Waals surface area contributed by atoms with Gasteiger partial charge >= 0.3 is 0 Å². The summed E-state index contributed by atoms with van der Waals surface area (Å²) in [7, 11) is 0. The number of ether oxygens (including phenoxy) is 1. The van der Waals surface area contributed by atoms with Crippen molar-refractivity contribution in [2.75, 3.05) is 5.33 Å². The van der Waals surface area contributed by atoms with Gasteiger partial charge in [-0.3, -0.25) is 0 Å². The van der Waals surface area contributed by atoms with Crippen LogP contribution in [0.15, 0.2) is 18.2 Å². The molecule has 0 spiro atoms. The van der Waals surface area contributed by atoms with Crippen LogP contribution in [0.25, 0.3) is 0 Å². The average Bonchev–Trinajstić information content (AvgIpc) is 2.02. The highest BCUT2D eigenvalue weighted by Crippen LogP contribution is 2.24. The first-order chi connectivity index (χ1) is 6.11. The van der Waals surface area contributed by atoms with E-state index in [-0.39, 0.29) is 6.10 Å². The number of halogens is 3. The molecule has 0 aliphatic rings. The molecule has 1 unspecified atom stereocenters. The molecule has 0 bridgehead atoms. The van der Waals surface area contributed by atoms with Gasteiger partial charge in [0.15, 0.2) is 0 Å². The Hall–Kier alpha value is 0.0800. The predicted molar refractivity (Wildman–Crippen MR) is 60.3 cm³/mol. The Morgan fingerprint density at radius 3 is 2.31 bits per heavy atom. The van der Waals surface area contributed by atoms with Gasteiger partial charge in [-0.2, -0.15) is 0 Å². The van der Waals surface area contributed by atoms with E-state index >= 15 is 0 Å². The number of benzene rings is 1. The summed E-state index contributed by atoms with van der Waals surface area (Å²) < 4.78 is 5.51. The maximum absolute atomic E-state index is 5.80. The van der Waals surface area contributed by atoms with E-state index in [9.17, 15) is 0 Å². The summed E-state index contributed by atoms with van der Waals surface area (Å²) in [6.45, 7) is 1.96. The molecule has 4 heteroatoms. The first-order valence-electron chi connectivity index (χ1n) is 3.80. The van der Waals surface area contributed by atoms with Crippen molar-refractivity contribution in [1.82, 2.24) is 0 Å². The molecule has 1 aromatic carbocycles. The maximum atomic E-state index is 5.80. The standard InChI is InChI=1S/C9H9BrCl2O/c1-6(5-10)13-9-3-7(11)2-8(12)4-9/h2-4,6H,5H2,1H3. The van der Waals surface area contributed by atoms with Crippen LogP contribution in [0.2, 0.25) is 10.0 Å². The molecule has 0 aromatic heterocycles. The minimum atomic E-state index is 0.106. The van der Waals surface area contributed by atoms with Crippen molar-refractivity contribution >= 4 is 39.1 Å². The summed E-state index contributed by atoms with van der Waals surface area (Å²) in [5.41, 5.74) is 0. The molecule has 72 valence electrons. The molecule has 0 N–H and O–H groups in total. The zero-order valence-corrected chi connectivity index (χ0v) is 10.2. The molecule has 0 heterocycles. The van der Waals surface area contributed by atoms with Gasteiger partial charge in [-0.1, -0.05) is 39.1 Å². The van der Waals surface area contributed by atoms with Crippen LogP contribution in [0, 0.1) is 0 Å². The van der Waals surface area contributed by atoms with Gasteiger partial charge in [0.1, 0.15) is 11.9 Å². The Kier molecular flexibility index (Phi) is 4.36. The van der Waals surface area contributed by atoms with Crippen LogP contribution in [0.1, 0.15) is 6.92 Å². The molecular weight excluding hydrogens is 275 g/mol. The van der Waals surface area contributed by atoms with Gasteiger partial charge in [0.2, 0.25) is 0 Å². The molecule has 0 aliphatic heterocycles. The highest BCUT2D eigenvalue weighted by Gasteiger charge is 2.03. The Bertz CT molecular complexity index is 271. The first-order valence-corrected chi connectivity index (χ1v) is 5.68. The summed E-state index contributed by atoms with van der Waals surface area (Å²) in [5, 5.41) is 1.95. The van der Waals surface area contributed by atoms with E-state index in [2.05, 4.69) is 15.9 Å². The molecule has 1 rings (SSSR count). The first kappa shape index (κ1) is 11.2. The van der Waals surface area contributed by atoms with E-state index in [0.29, 0.717) is 15.8 Å². The van der Waals surface area contributed by atoms with Crippen LogP contribution >= 0.6 is 39.1 Å². The fourth-order valence-electron chi connectivity index (χ4n) is 0.860. The summed E-state index contributed by atoms with van der Waals surface area (Å²) in [5.74, 6) is 0.699. The monoisotopic (exact) mass is 282 g/mol. The largest absolute Gasteiger partial charge is 0.490 e. The van der Waals surface area contributed by atoms with E-state index in [1.807, 2.05) is 6.92 Å². The van der Waals surface area contributed by atoms with Gasteiger partial charge in [0.25, 0.3) is 0 Å². The molecule has 1 nitrogen and oxygen atoms in total. The van der Waals surface area contributed by atoms with Gasteiger partial charge in [-0.15, -0.1) is 0 Å². The van der Waals surface area contributed by atoms with Gasteiger partial charge in [0.05, 0.1) is 0 Å². The molecule has 0 aliphatic carbocycles. The van der Waals surface area contributed by atoms with Crippen molar-refractivity contribution in [3.63, 3.8) is 0 Å². The minimum absolute atomic E-state index is 0.106. The maximum Gasteiger partial charge on any atom is 0.122 e. The van der Waals surface area contributed by atoms with E-state index in [1.54, 1.807) is 18.2 Å². The van der Waals surface area contributed by atoms with E-state index in [0.717, 1.165) is 5.33 Å². The van der Waals surface area contributed by atoms with Crippen LogP contribution in [0.5, 0.6) is 5.75 Å². The van der Waals surface area contributed by atoms with Gasteiger partial charge in [0, 0.05) is 15.4 Å². The average molecular weight is 284 g/mol. The molecule has 0 fully saturated rings. The number of hydrogen-bond acceptors (Lipinski definition) is 1. The van der Waals surface area contributed by atoms with Crippen molar-refractivity contribution < 1.29 is 4.74 Å². The van der Waals surface area contributed by atoms with Crippen LogP contribution in [0.4, 0.5) is 0 Å². The third-order valence-corrected chi connectivity index (χ3v) is 2.74. The second-order valence-electron chi connectivity index (χ2n) is 2.69. The Morgan fingerprint density at radius 2 is 1.85 bits per heavy atom. The molecule has 0 saturated heterocycles. The Labute approximate surface area is 96.1 Å². The third-order valence-electron chi connectivity index (χ3n) is 1.39. The molecule has 1 aromatic rings. The zero-order valence-electron chi connectivity index (χ0n) is 7.06. The van der Waals surface area contributed by atoms with Gasteiger partial charge in [-0.25, -0.2) is 0 Å². The third kappa shape index (κ3) is 3.75. The summed E-state index contributed by atoms with van der Waals surface area (Å²) >= 11 is 14.9. The predicted octanol–water partition coefficient (Wildman–Crippen LogP) is 4.16. The fraction of sp³-hybridized carbons (Fsp3) is 0.333. The molecule has 1 atom stereocenters. The molecule has 0 amide bonds. The lowest BCUT2D eigenvalue weighted by molar-refractivity contribution is 0.248. The number of alkyl halides is 1. The highest BCUT2D eigenvalue weighted by molar-refractivity contribution is 9.09. The Morgan fingerprint density at radius 1 is 1.31 bits per heavy atom. The zero-order chi connectivity index (χ0) is 9.84. The topological polar surface area (TPSA) is 9.23 Å². The van der Waals surface area contributed by atoms with Crippen LogP contribution in [-0.2, 0) is 0 Å². The van der Waals surface area contributed by atoms with Gasteiger partial charge in [-0.05, 0) is 25.1 Å². The number of rotatable bonds is 3. The minimum Gasteiger partial charge on any atom is -0.490 e. The quantitative estimate of drug-likeness (QED) is 0.757. The fourth-order valence-corrected chi connectivity index (χ4v) is 1.50. The molecule has 0 radical (unpaired) electrons. The van der Waals surface area contributed by atoms with E-state index < -0.39 is 0 Å².